The SMILES string of the molecule is Cn1cc(C(C)(C)O)c2cccc(O)c21. The summed E-state index contributed by atoms with van der Waals surface area (Å²) in [5.41, 5.74) is 0.693. The van der Waals surface area contributed by atoms with Gasteiger partial charge in [0, 0.05) is 24.2 Å². The fourth-order valence-electron chi connectivity index (χ4n) is 1.93. The molecule has 2 aromatic rings. The fraction of sp³-hybridized carbons (Fsp3) is 0.333. The van der Waals surface area contributed by atoms with Crippen molar-refractivity contribution in [1.82, 2.24) is 4.57 Å². The van der Waals surface area contributed by atoms with Crippen LogP contribution in [0.2, 0.25) is 0 Å². The molecule has 0 saturated heterocycles. The topological polar surface area (TPSA) is 45.4 Å². The summed E-state index contributed by atoms with van der Waals surface area (Å²) in [5, 5.41) is 20.6. The second-order valence-electron chi connectivity index (χ2n) is 4.39. The van der Waals surface area contributed by atoms with Crippen LogP contribution in [0.25, 0.3) is 10.9 Å². The quantitative estimate of drug-likeness (QED) is 0.749. The Balaban J connectivity index is 2.85. The van der Waals surface area contributed by atoms with E-state index in [0.29, 0.717) is 0 Å². The van der Waals surface area contributed by atoms with E-state index in [2.05, 4.69) is 0 Å². The number of aromatic nitrogens is 1. The van der Waals surface area contributed by atoms with Crippen LogP contribution >= 0.6 is 0 Å². The number of nitrogens with zero attached hydrogens (tertiary/aromatic N) is 1. The van der Waals surface area contributed by atoms with E-state index in [0.717, 1.165) is 16.5 Å². The maximum Gasteiger partial charge on any atom is 0.139 e. The lowest BCUT2D eigenvalue weighted by Crippen LogP contribution is -2.14. The average Bonchev–Trinajstić information content (AvgIpc) is 2.44. The molecule has 80 valence electrons. The molecule has 0 unspecified atom stereocenters. The van der Waals surface area contributed by atoms with Crippen LogP contribution in [0.1, 0.15) is 19.4 Å². The van der Waals surface area contributed by atoms with Crippen molar-refractivity contribution in [1.29, 1.82) is 0 Å². The third-order valence-corrected chi connectivity index (χ3v) is 2.64. The fourth-order valence-corrected chi connectivity index (χ4v) is 1.93. The highest BCUT2D eigenvalue weighted by Gasteiger charge is 2.22. The van der Waals surface area contributed by atoms with Gasteiger partial charge in [-0.1, -0.05) is 12.1 Å². The molecule has 0 aliphatic heterocycles. The lowest BCUT2D eigenvalue weighted by Gasteiger charge is -2.16. The summed E-state index contributed by atoms with van der Waals surface area (Å²) >= 11 is 0. The first-order valence-corrected chi connectivity index (χ1v) is 4.91. The van der Waals surface area contributed by atoms with Gasteiger partial charge in [-0.3, -0.25) is 0 Å². The number of hydrogen-bond acceptors (Lipinski definition) is 2. The normalized spacial score (nSPS) is 12.3. The van der Waals surface area contributed by atoms with Gasteiger partial charge >= 0.3 is 0 Å². The molecule has 1 aromatic heterocycles. The second kappa shape index (κ2) is 3.00. The van der Waals surface area contributed by atoms with Crippen molar-refractivity contribution in [2.24, 2.45) is 7.05 Å². The highest BCUT2D eigenvalue weighted by Crippen LogP contribution is 2.33. The molecule has 0 aliphatic carbocycles. The number of aryl methyl sites for hydroxylation is 1. The third kappa shape index (κ3) is 1.49. The molecule has 0 spiro atoms. The van der Waals surface area contributed by atoms with Gasteiger partial charge in [-0.2, -0.15) is 0 Å². The lowest BCUT2D eigenvalue weighted by atomic mass is 9.98. The Labute approximate surface area is 88.6 Å². The molecule has 0 radical (unpaired) electrons. The summed E-state index contributed by atoms with van der Waals surface area (Å²) in [5.74, 6) is 0.241. The Morgan fingerprint density at radius 3 is 2.53 bits per heavy atom. The van der Waals surface area contributed by atoms with Crippen molar-refractivity contribution in [2.75, 3.05) is 0 Å². The number of rotatable bonds is 1. The number of benzene rings is 1. The summed E-state index contributed by atoms with van der Waals surface area (Å²) in [6.07, 6.45) is 1.85. The molecule has 3 heteroatoms. The van der Waals surface area contributed by atoms with E-state index in [1.54, 1.807) is 26.0 Å². The zero-order chi connectivity index (χ0) is 11.2. The Hall–Kier alpha value is -1.48. The summed E-state index contributed by atoms with van der Waals surface area (Å²) in [6, 6.07) is 5.34. The molecule has 0 aliphatic rings. The zero-order valence-electron chi connectivity index (χ0n) is 9.15. The van der Waals surface area contributed by atoms with Crippen LogP contribution in [0.15, 0.2) is 24.4 Å². The predicted molar refractivity (Wildman–Crippen MR) is 59.8 cm³/mol. The Morgan fingerprint density at radius 1 is 1.27 bits per heavy atom. The van der Waals surface area contributed by atoms with Gasteiger partial charge in [-0.25, -0.2) is 0 Å². The monoisotopic (exact) mass is 205 g/mol. The van der Waals surface area contributed by atoms with Crippen molar-refractivity contribution < 1.29 is 10.2 Å². The van der Waals surface area contributed by atoms with Gasteiger partial charge in [0.05, 0.1) is 11.1 Å². The van der Waals surface area contributed by atoms with Crippen LogP contribution in [-0.4, -0.2) is 14.8 Å². The van der Waals surface area contributed by atoms with Crippen molar-refractivity contribution in [2.45, 2.75) is 19.4 Å². The van der Waals surface area contributed by atoms with Crippen molar-refractivity contribution >= 4 is 10.9 Å². The van der Waals surface area contributed by atoms with Crippen LogP contribution in [-0.2, 0) is 12.6 Å². The Morgan fingerprint density at radius 2 is 1.93 bits per heavy atom. The summed E-state index contributed by atoms with van der Waals surface area (Å²) < 4.78 is 1.83. The van der Waals surface area contributed by atoms with E-state index in [-0.39, 0.29) is 5.75 Å². The number of phenolic OH excluding ortho intramolecular Hbond substituents is 1. The van der Waals surface area contributed by atoms with Crippen molar-refractivity contribution in [3.63, 3.8) is 0 Å². The van der Waals surface area contributed by atoms with Gasteiger partial charge in [-0.15, -0.1) is 0 Å². The Kier molecular flexibility index (Phi) is 2.01. The van der Waals surface area contributed by atoms with Crippen LogP contribution < -0.4 is 0 Å². The van der Waals surface area contributed by atoms with E-state index in [1.165, 1.54) is 0 Å². The second-order valence-corrected chi connectivity index (χ2v) is 4.39. The molecule has 1 heterocycles. The largest absolute Gasteiger partial charge is 0.506 e. The highest BCUT2D eigenvalue weighted by molar-refractivity contribution is 5.89. The van der Waals surface area contributed by atoms with E-state index < -0.39 is 5.60 Å². The van der Waals surface area contributed by atoms with Gasteiger partial charge in [0.2, 0.25) is 0 Å². The minimum Gasteiger partial charge on any atom is -0.506 e. The number of phenols is 1. The molecular formula is C12H15NO2. The minimum absolute atomic E-state index is 0.241. The van der Waals surface area contributed by atoms with Crippen molar-refractivity contribution in [3.8, 4) is 5.75 Å². The highest BCUT2D eigenvalue weighted by atomic mass is 16.3. The summed E-state index contributed by atoms with van der Waals surface area (Å²) in [6.45, 7) is 3.48. The summed E-state index contributed by atoms with van der Waals surface area (Å²) in [7, 11) is 1.86. The van der Waals surface area contributed by atoms with E-state index in [4.69, 9.17) is 0 Å². The Bertz CT molecular complexity index is 506. The van der Waals surface area contributed by atoms with Crippen LogP contribution in [0, 0.1) is 0 Å². The molecule has 0 saturated carbocycles. The van der Waals surface area contributed by atoms with E-state index in [1.807, 2.05) is 23.9 Å². The first-order chi connectivity index (χ1) is 6.91. The third-order valence-electron chi connectivity index (χ3n) is 2.64. The first kappa shape index (κ1) is 10.1. The molecule has 2 N–H and O–H groups in total. The zero-order valence-corrected chi connectivity index (χ0v) is 9.15. The van der Waals surface area contributed by atoms with Crippen LogP contribution in [0.3, 0.4) is 0 Å². The lowest BCUT2D eigenvalue weighted by molar-refractivity contribution is 0.0800. The van der Waals surface area contributed by atoms with Gasteiger partial charge in [0.15, 0.2) is 0 Å². The number of para-hydroxylation sites is 1. The van der Waals surface area contributed by atoms with Crippen molar-refractivity contribution in [3.05, 3.63) is 30.0 Å². The smallest absolute Gasteiger partial charge is 0.139 e. The minimum atomic E-state index is -0.896. The van der Waals surface area contributed by atoms with Gasteiger partial charge < -0.3 is 14.8 Å². The van der Waals surface area contributed by atoms with Crippen LogP contribution in [0.5, 0.6) is 5.75 Å². The molecule has 1 aromatic carbocycles. The van der Waals surface area contributed by atoms with Gasteiger partial charge in [0.1, 0.15) is 5.75 Å². The van der Waals surface area contributed by atoms with E-state index in [9.17, 15) is 10.2 Å². The molecule has 0 atom stereocenters. The molecule has 0 amide bonds. The number of fused-ring (bicyclic) bond motifs is 1. The number of aromatic hydroxyl groups is 1. The maximum absolute atomic E-state index is 10.00. The average molecular weight is 205 g/mol. The predicted octanol–water partition coefficient (Wildman–Crippen LogP) is 2.11. The molecule has 2 rings (SSSR count). The maximum atomic E-state index is 10.00. The number of hydrogen-bond donors (Lipinski definition) is 2. The van der Waals surface area contributed by atoms with Gasteiger partial charge in [-0.05, 0) is 19.9 Å². The van der Waals surface area contributed by atoms with E-state index >= 15 is 0 Å². The summed E-state index contributed by atoms with van der Waals surface area (Å²) in [4.78, 5) is 0. The molecule has 3 nitrogen and oxygen atoms in total. The van der Waals surface area contributed by atoms with Gasteiger partial charge in [0.25, 0.3) is 0 Å². The first-order valence-electron chi connectivity index (χ1n) is 4.91. The standard InChI is InChI=1S/C12H15NO2/c1-12(2,15)9-7-13(3)11-8(9)5-4-6-10(11)14/h4-7,14-15H,1-3H3. The molecule has 0 fully saturated rings. The number of aliphatic hydroxyl groups is 1. The molecule has 0 bridgehead atoms. The molecule has 15 heavy (non-hydrogen) atoms. The molecular weight excluding hydrogens is 190 g/mol. The van der Waals surface area contributed by atoms with Crippen LogP contribution in [0.4, 0.5) is 0 Å².